The van der Waals surface area contributed by atoms with Crippen LogP contribution in [0.15, 0.2) is 36.4 Å². The van der Waals surface area contributed by atoms with Crippen LogP contribution in [-0.4, -0.2) is 52.6 Å². The fraction of sp³-hybridized carbons (Fsp3) is 0.458. The quantitative estimate of drug-likeness (QED) is 0.485. The molecule has 0 amide bonds. The number of unbranched alkanes of at least 4 members (excludes halogenated alkanes) is 1. The highest BCUT2D eigenvalue weighted by atomic mass is 15.3. The smallest absolute Gasteiger partial charge is 0.222 e. The Morgan fingerprint density at radius 1 is 1.03 bits per heavy atom. The first kappa shape index (κ1) is 20.2. The molecule has 7 nitrogen and oxygen atoms in total. The van der Waals surface area contributed by atoms with E-state index < -0.39 is 0 Å². The van der Waals surface area contributed by atoms with Gasteiger partial charge in [0.05, 0.1) is 5.52 Å². The van der Waals surface area contributed by atoms with Gasteiger partial charge in [0.15, 0.2) is 5.82 Å². The number of benzene rings is 1. The number of aromatic nitrogens is 3. The summed E-state index contributed by atoms with van der Waals surface area (Å²) in [6, 6.07) is 13.0. The molecule has 4 heterocycles. The van der Waals surface area contributed by atoms with Gasteiger partial charge >= 0.3 is 0 Å². The predicted molar refractivity (Wildman–Crippen MR) is 125 cm³/mol. The fourth-order valence-corrected chi connectivity index (χ4v) is 4.62. The second kappa shape index (κ2) is 8.40. The summed E-state index contributed by atoms with van der Waals surface area (Å²) >= 11 is 0. The van der Waals surface area contributed by atoms with Crippen molar-refractivity contribution in [2.75, 3.05) is 43.8 Å². The minimum atomic E-state index is 0.276. The maximum absolute atomic E-state index is 5.88. The number of nitrogens with zero attached hydrogens (tertiary/aromatic N) is 4. The van der Waals surface area contributed by atoms with Crippen LogP contribution in [0.5, 0.6) is 0 Å². The van der Waals surface area contributed by atoms with Gasteiger partial charge < -0.3 is 16.4 Å². The molecule has 3 aromatic rings. The largest absolute Gasteiger partial charge is 0.368 e. The molecule has 0 saturated carbocycles. The van der Waals surface area contributed by atoms with E-state index >= 15 is 0 Å². The number of nitrogens with two attached hydrogens (primary N) is 1. The summed E-state index contributed by atoms with van der Waals surface area (Å²) in [6.45, 7) is 8.89. The molecule has 2 aliphatic rings. The molecule has 0 unspecified atom stereocenters. The predicted octanol–water partition coefficient (Wildman–Crippen LogP) is 2.82. The van der Waals surface area contributed by atoms with Crippen LogP contribution in [0.1, 0.15) is 36.6 Å². The van der Waals surface area contributed by atoms with E-state index in [-0.39, 0.29) is 5.95 Å². The highest BCUT2D eigenvalue weighted by molar-refractivity contribution is 5.86. The van der Waals surface area contributed by atoms with Crippen molar-refractivity contribution in [3.05, 3.63) is 53.2 Å². The molecular weight excluding hydrogens is 386 g/mol. The molecule has 5 rings (SSSR count). The Kier molecular flexibility index (Phi) is 5.46. The summed E-state index contributed by atoms with van der Waals surface area (Å²) in [6.07, 6.45) is 2.98. The highest BCUT2D eigenvalue weighted by Crippen LogP contribution is 2.34. The van der Waals surface area contributed by atoms with E-state index in [9.17, 15) is 0 Å². The average Bonchev–Trinajstić information content (AvgIpc) is 2.70. The zero-order valence-corrected chi connectivity index (χ0v) is 18.2. The Hall–Kier alpha value is -2.77. The molecule has 2 aromatic heterocycles. The van der Waals surface area contributed by atoms with Crippen molar-refractivity contribution in [2.24, 2.45) is 5.41 Å². The second-order valence-electron chi connectivity index (χ2n) is 9.12. The minimum absolute atomic E-state index is 0.276. The Labute approximate surface area is 183 Å². The van der Waals surface area contributed by atoms with Crippen molar-refractivity contribution in [1.29, 1.82) is 0 Å². The van der Waals surface area contributed by atoms with Gasteiger partial charge in [-0.2, -0.15) is 4.98 Å². The topological polar surface area (TPSA) is 92.0 Å². The summed E-state index contributed by atoms with van der Waals surface area (Å²) in [7, 11) is 0. The summed E-state index contributed by atoms with van der Waals surface area (Å²) in [5.74, 6) is 1.00. The highest BCUT2D eigenvalue weighted by Gasteiger charge is 2.46. The van der Waals surface area contributed by atoms with Gasteiger partial charge in [-0.25, -0.2) is 9.97 Å². The molecule has 0 atom stereocenters. The Morgan fingerprint density at radius 2 is 1.81 bits per heavy atom. The van der Waals surface area contributed by atoms with Crippen LogP contribution in [-0.2, 0) is 13.0 Å². The molecule has 1 aromatic carbocycles. The third-order valence-electron chi connectivity index (χ3n) is 6.37. The van der Waals surface area contributed by atoms with Gasteiger partial charge in [0, 0.05) is 56.8 Å². The third kappa shape index (κ3) is 4.34. The molecule has 7 heteroatoms. The molecule has 162 valence electrons. The first-order chi connectivity index (χ1) is 15.1. The molecule has 2 saturated heterocycles. The van der Waals surface area contributed by atoms with E-state index in [1.807, 2.05) is 12.1 Å². The molecule has 31 heavy (non-hydrogen) atoms. The van der Waals surface area contributed by atoms with Crippen molar-refractivity contribution in [1.82, 2.24) is 25.2 Å². The monoisotopic (exact) mass is 417 g/mol. The lowest BCUT2D eigenvalue weighted by Crippen LogP contribution is -2.70. The van der Waals surface area contributed by atoms with Crippen LogP contribution in [0.2, 0.25) is 0 Å². The van der Waals surface area contributed by atoms with Gasteiger partial charge in [-0.3, -0.25) is 4.90 Å². The molecule has 2 fully saturated rings. The number of nitrogen functional groups attached to an aromatic ring is 1. The van der Waals surface area contributed by atoms with Gasteiger partial charge in [0.1, 0.15) is 5.52 Å². The SMILES string of the molecule is CCCCNc1nc(N)nc2ccc(Cc3ccc(CN4CC5(CNC5)C4)cc3)nc12. The summed E-state index contributed by atoms with van der Waals surface area (Å²) < 4.78 is 0. The average molecular weight is 418 g/mol. The van der Waals surface area contributed by atoms with E-state index in [1.54, 1.807) is 0 Å². The van der Waals surface area contributed by atoms with E-state index in [2.05, 4.69) is 56.7 Å². The van der Waals surface area contributed by atoms with Crippen molar-refractivity contribution < 1.29 is 0 Å². The van der Waals surface area contributed by atoms with E-state index in [1.165, 1.54) is 37.3 Å². The van der Waals surface area contributed by atoms with Crippen LogP contribution < -0.4 is 16.4 Å². The molecular formula is C24H31N7. The second-order valence-corrected chi connectivity index (χ2v) is 9.12. The van der Waals surface area contributed by atoms with Crippen molar-refractivity contribution in [3.8, 4) is 0 Å². The summed E-state index contributed by atoms with van der Waals surface area (Å²) in [4.78, 5) is 16.1. The van der Waals surface area contributed by atoms with Crippen LogP contribution in [0.3, 0.4) is 0 Å². The fourth-order valence-electron chi connectivity index (χ4n) is 4.62. The Balaban J connectivity index is 1.26. The normalized spacial score (nSPS) is 17.5. The number of anilines is 2. The van der Waals surface area contributed by atoms with Gasteiger partial charge in [-0.1, -0.05) is 37.6 Å². The summed E-state index contributed by atoms with van der Waals surface area (Å²) in [5, 5.41) is 6.77. The van der Waals surface area contributed by atoms with E-state index in [0.717, 1.165) is 54.9 Å². The molecule has 2 aliphatic heterocycles. The molecule has 0 bridgehead atoms. The van der Waals surface area contributed by atoms with Crippen LogP contribution in [0, 0.1) is 5.41 Å². The lowest BCUT2D eigenvalue weighted by molar-refractivity contribution is -0.0444. The zero-order chi connectivity index (χ0) is 21.3. The van der Waals surface area contributed by atoms with Gasteiger partial charge in [0.2, 0.25) is 5.95 Å². The van der Waals surface area contributed by atoms with E-state index in [0.29, 0.717) is 5.41 Å². The first-order valence-electron chi connectivity index (χ1n) is 11.3. The Bertz CT molecular complexity index is 1050. The number of pyridine rings is 1. The van der Waals surface area contributed by atoms with Crippen LogP contribution >= 0.6 is 0 Å². The standard InChI is InChI=1S/C24H31N7/c1-2-3-10-27-22-21-20(29-23(25)30-22)9-8-19(28-21)11-17-4-6-18(7-5-17)12-31-15-24(16-31)13-26-14-24/h4-9,26H,2-3,10-16H2,1H3,(H3,25,27,29,30). The number of hydrogen-bond donors (Lipinski definition) is 3. The van der Waals surface area contributed by atoms with Gasteiger partial charge in [0.25, 0.3) is 0 Å². The van der Waals surface area contributed by atoms with Crippen LogP contribution in [0.4, 0.5) is 11.8 Å². The molecule has 1 spiro atoms. The van der Waals surface area contributed by atoms with Crippen molar-refractivity contribution >= 4 is 22.8 Å². The number of fused-ring (bicyclic) bond motifs is 1. The summed E-state index contributed by atoms with van der Waals surface area (Å²) in [5.41, 5.74) is 11.7. The lowest BCUT2D eigenvalue weighted by atomic mass is 9.74. The molecule has 4 N–H and O–H groups in total. The van der Waals surface area contributed by atoms with Crippen molar-refractivity contribution in [3.63, 3.8) is 0 Å². The lowest BCUT2D eigenvalue weighted by Gasteiger charge is -2.56. The maximum atomic E-state index is 5.88. The first-order valence-corrected chi connectivity index (χ1v) is 11.3. The number of hydrogen-bond acceptors (Lipinski definition) is 7. The molecule has 0 aliphatic carbocycles. The van der Waals surface area contributed by atoms with Gasteiger partial charge in [-0.05, 0) is 29.7 Å². The number of likely N-dealkylation sites (tertiary alicyclic amines) is 1. The minimum Gasteiger partial charge on any atom is -0.368 e. The van der Waals surface area contributed by atoms with Crippen molar-refractivity contribution in [2.45, 2.75) is 32.7 Å². The Morgan fingerprint density at radius 3 is 2.52 bits per heavy atom. The number of rotatable bonds is 8. The number of nitrogens with one attached hydrogen (secondary N) is 2. The van der Waals surface area contributed by atoms with E-state index in [4.69, 9.17) is 10.7 Å². The third-order valence-corrected chi connectivity index (χ3v) is 6.37. The van der Waals surface area contributed by atoms with Gasteiger partial charge in [-0.15, -0.1) is 0 Å². The van der Waals surface area contributed by atoms with Crippen LogP contribution in [0.25, 0.3) is 11.0 Å². The molecule has 0 radical (unpaired) electrons. The maximum Gasteiger partial charge on any atom is 0.222 e. The zero-order valence-electron chi connectivity index (χ0n) is 18.2.